The van der Waals surface area contributed by atoms with Gasteiger partial charge in [-0.25, -0.2) is 9.59 Å². The van der Waals surface area contributed by atoms with Crippen molar-refractivity contribution >= 4 is 11.9 Å². The van der Waals surface area contributed by atoms with Crippen LogP contribution in [-0.4, -0.2) is 30.3 Å². The van der Waals surface area contributed by atoms with Crippen LogP contribution in [-0.2, 0) is 9.53 Å². The molecule has 0 fully saturated rings. The Morgan fingerprint density at radius 1 is 1.31 bits per heavy atom. The summed E-state index contributed by atoms with van der Waals surface area (Å²) >= 11 is 0. The van der Waals surface area contributed by atoms with Crippen molar-refractivity contribution < 1.29 is 24.2 Å². The topological polar surface area (TPSA) is 72.8 Å². The van der Waals surface area contributed by atoms with Crippen molar-refractivity contribution in [2.75, 3.05) is 7.11 Å². The molecule has 0 aliphatic carbocycles. The number of para-hydroxylation sites is 1. The lowest BCUT2D eigenvalue weighted by Crippen LogP contribution is -2.23. The molecule has 0 saturated carbocycles. The second kappa shape index (κ2) is 5.27. The van der Waals surface area contributed by atoms with Gasteiger partial charge in [0.1, 0.15) is 17.4 Å². The summed E-state index contributed by atoms with van der Waals surface area (Å²) in [6.07, 6.45) is -1.24. The van der Waals surface area contributed by atoms with Gasteiger partial charge < -0.3 is 14.6 Å². The summed E-state index contributed by atoms with van der Waals surface area (Å²) in [4.78, 5) is 22.5. The molecule has 16 heavy (non-hydrogen) atoms. The van der Waals surface area contributed by atoms with Gasteiger partial charge in [-0.3, -0.25) is 0 Å². The summed E-state index contributed by atoms with van der Waals surface area (Å²) in [7, 11) is 1.23. The zero-order valence-electron chi connectivity index (χ0n) is 8.97. The maximum absolute atomic E-state index is 11.3. The fraction of sp³-hybridized carbons (Fsp3) is 0.273. The Morgan fingerprint density at radius 3 is 2.50 bits per heavy atom. The number of ether oxygens (including phenoxy) is 2. The highest BCUT2D eigenvalue weighted by atomic mass is 16.6. The predicted octanol–water partition coefficient (Wildman–Crippen LogP) is 0.759. The second-order valence-electron chi connectivity index (χ2n) is 3.08. The maximum Gasteiger partial charge on any atom is 0.341 e. The molecule has 5 heteroatoms. The number of aliphatic hydroxyl groups is 1. The number of carbonyl (C=O) groups is 2. The van der Waals surface area contributed by atoms with E-state index in [0.29, 0.717) is 0 Å². The SMILES string of the molecule is COC(=O)c1ccccc1OC(=O)C(C)O. The summed E-state index contributed by atoms with van der Waals surface area (Å²) in [6.45, 7) is 1.28. The van der Waals surface area contributed by atoms with Gasteiger partial charge in [-0.2, -0.15) is 0 Å². The van der Waals surface area contributed by atoms with Gasteiger partial charge in [0.15, 0.2) is 0 Å². The van der Waals surface area contributed by atoms with Crippen LogP contribution in [0.3, 0.4) is 0 Å². The third-order valence-corrected chi connectivity index (χ3v) is 1.84. The zero-order chi connectivity index (χ0) is 12.1. The summed E-state index contributed by atoms with van der Waals surface area (Å²) in [5.74, 6) is -1.36. The molecule has 0 bridgehead atoms. The van der Waals surface area contributed by atoms with Gasteiger partial charge in [-0.1, -0.05) is 12.1 Å². The smallest absolute Gasteiger partial charge is 0.341 e. The highest BCUT2D eigenvalue weighted by Crippen LogP contribution is 2.19. The molecule has 1 aromatic rings. The Morgan fingerprint density at radius 2 is 1.94 bits per heavy atom. The minimum Gasteiger partial charge on any atom is -0.465 e. The number of rotatable bonds is 3. The molecule has 0 aliphatic heterocycles. The summed E-state index contributed by atoms with van der Waals surface area (Å²) < 4.78 is 9.37. The lowest BCUT2D eigenvalue weighted by atomic mass is 10.2. The third kappa shape index (κ3) is 2.80. The molecule has 0 radical (unpaired) electrons. The molecule has 0 aliphatic rings. The number of carbonyl (C=O) groups excluding carboxylic acids is 2. The first-order chi connectivity index (χ1) is 7.56. The standard InChI is InChI=1S/C11H12O5/c1-7(12)10(13)16-9-6-4-3-5-8(9)11(14)15-2/h3-7,12H,1-2H3. The number of aliphatic hydroxyl groups excluding tert-OH is 1. The van der Waals surface area contributed by atoms with E-state index in [-0.39, 0.29) is 11.3 Å². The Kier molecular flexibility index (Phi) is 4.02. The van der Waals surface area contributed by atoms with Gasteiger partial charge in [0, 0.05) is 0 Å². The van der Waals surface area contributed by atoms with Crippen molar-refractivity contribution in [3.05, 3.63) is 29.8 Å². The first kappa shape index (κ1) is 12.2. The van der Waals surface area contributed by atoms with Gasteiger partial charge in [0.25, 0.3) is 0 Å². The summed E-state index contributed by atoms with van der Waals surface area (Å²) in [6, 6.07) is 6.14. The summed E-state index contributed by atoms with van der Waals surface area (Å²) in [5.41, 5.74) is 0.138. The number of hydrogen-bond acceptors (Lipinski definition) is 5. The molecule has 1 N–H and O–H groups in total. The van der Waals surface area contributed by atoms with Crippen molar-refractivity contribution in [2.45, 2.75) is 13.0 Å². The fourth-order valence-corrected chi connectivity index (χ4v) is 1.03. The van der Waals surface area contributed by atoms with Gasteiger partial charge in [0.2, 0.25) is 0 Å². The van der Waals surface area contributed by atoms with Crippen molar-refractivity contribution in [1.29, 1.82) is 0 Å². The Bertz CT molecular complexity index is 397. The van der Waals surface area contributed by atoms with Gasteiger partial charge in [-0.15, -0.1) is 0 Å². The summed E-state index contributed by atoms with van der Waals surface area (Å²) in [5, 5.41) is 8.98. The Hall–Kier alpha value is -1.88. The minimum absolute atomic E-state index is 0.0697. The van der Waals surface area contributed by atoms with Crippen LogP contribution in [0.25, 0.3) is 0 Å². The molecular formula is C11H12O5. The molecule has 1 aromatic carbocycles. The van der Waals surface area contributed by atoms with Crippen LogP contribution >= 0.6 is 0 Å². The van der Waals surface area contributed by atoms with E-state index in [1.54, 1.807) is 12.1 Å². The highest BCUT2D eigenvalue weighted by Gasteiger charge is 2.17. The van der Waals surface area contributed by atoms with Crippen molar-refractivity contribution in [1.82, 2.24) is 0 Å². The van der Waals surface area contributed by atoms with E-state index in [1.807, 2.05) is 0 Å². The van der Waals surface area contributed by atoms with E-state index < -0.39 is 18.0 Å². The van der Waals surface area contributed by atoms with Crippen LogP contribution in [0.5, 0.6) is 5.75 Å². The quantitative estimate of drug-likeness (QED) is 0.606. The van der Waals surface area contributed by atoms with Gasteiger partial charge in [-0.05, 0) is 19.1 Å². The first-order valence-electron chi connectivity index (χ1n) is 4.63. The highest BCUT2D eigenvalue weighted by molar-refractivity contribution is 5.93. The molecule has 86 valence electrons. The lowest BCUT2D eigenvalue weighted by molar-refractivity contribution is -0.142. The number of esters is 2. The Labute approximate surface area is 92.6 Å². The third-order valence-electron chi connectivity index (χ3n) is 1.84. The van der Waals surface area contributed by atoms with E-state index in [4.69, 9.17) is 9.84 Å². The molecule has 1 rings (SSSR count). The lowest BCUT2D eigenvalue weighted by Gasteiger charge is -2.09. The maximum atomic E-state index is 11.3. The zero-order valence-corrected chi connectivity index (χ0v) is 8.97. The van der Waals surface area contributed by atoms with Crippen LogP contribution in [0.1, 0.15) is 17.3 Å². The fourth-order valence-electron chi connectivity index (χ4n) is 1.03. The average Bonchev–Trinajstić information content (AvgIpc) is 2.28. The van der Waals surface area contributed by atoms with E-state index in [0.717, 1.165) is 0 Å². The van der Waals surface area contributed by atoms with Crippen LogP contribution in [0.2, 0.25) is 0 Å². The van der Waals surface area contributed by atoms with E-state index in [1.165, 1.54) is 26.2 Å². The number of methoxy groups -OCH3 is 1. The molecule has 1 atom stereocenters. The van der Waals surface area contributed by atoms with Crippen molar-refractivity contribution in [3.8, 4) is 5.75 Å². The van der Waals surface area contributed by atoms with Crippen molar-refractivity contribution in [2.24, 2.45) is 0 Å². The Balaban J connectivity index is 2.95. The van der Waals surface area contributed by atoms with Crippen LogP contribution in [0.15, 0.2) is 24.3 Å². The largest absolute Gasteiger partial charge is 0.465 e. The van der Waals surface area contributed by atoms with Crippen LogP contribution in [0.4, 0.5) is 0 Å². The molecule has 0 spiro atoms. The van der Waals surface area contributed by atoms with Crippen LogP contribution in [0, 0.1) is 0 Å². The van der Waals surface area contributed by atoms with E-state index in [2.05, 4.69) is 4.74 Å². The molecular weight excluding hydrogens is 212 g/mol. The molecule has 0 aromatic heterocycles. The van der Waals surface area contributed by atoms with Gasteiger partial charge >= 0.3 is 11.9 Å². The predicted molar refractivity (Wildman–Crippen MR) is 55.1 cm³/mol. The van der Waals surface area contributed by atoms with E-state index >= 15 is 0 Å². The number of hydrogen-bond donors (Lipinski definition) is 1. The molecule has 0 saturated heterocycles. The first-order valence-corrected chi connectivity index (χ1v) is 4.63. The van der Waals surface area contributed by atoms with E-state index in [9.17, 15) is 9.59 Å². The average molecular weight is 224 g/mol. The molecule has 5 nitrogen and oxygen atoms in total. The molecule has 1 unspecified atom stereocenters. The minimum atomic E-state index is -1.24. The van der Waals surface area contributed by atoms with Gasteiger partial charge in [0.05, 0.1) is 7.11 Å². The van der Waals surface area contributed by atoms with Crippen LogP contribution < -0.4 is 4.74 Å². The molecule has 0 amide bonds. The molecule has 0 heterocycles. The monoisotopic (exact) mass is 224 g/mol. The van der Waals surface area contributed by atoms with Crippen molar-refractivity contribution in [3.63, 3.8) is 0 Å². The normalized spacial score (nSPS) is 11.7. The second-order valence-corrected chi connectivity index (χ2v) is 3.08. The number of benzene rings is 1.